The summed E-state index contributed by atoms with van der Waals surface area (Å²) in [6.07, 6.45) is 1.58. The first-order valence-corrected chi connectivity index (χ1v) is 10.8. The van der Waals surface area contributed by atoms with Gasteiger partial charge in [0.1, 0.15) is 5.82 Å². The summed E-state index contributed by atoms with van der Waals surface area (Å²) in [6.45, 7) is 9.02. The van der Waals surface area contributed by atoms with Crippen molar-refractivity contribution in [2.24, 2.45) is 5.92 Å². The number of benzene rings is 2. The summed E-state index contributed by atoms with van der Waals surface area (Å²) < 4.78 is 1.75. The Labute approximate surface area is 178 Å². The molecule has 0 aliphatic rings. The molecular weight excluding hydrogens is 374 g/mol. The molecule has 5 nitrogen and oxygen atoms in total. The highest BCUT2D eigenvalue weighted by molar-refractivity contribution is 5.79. The predicted octanol–water partition coefficient (Wildman–Crippen LogP) is 4.59. The summed E-state index contributed by atoms with van der Waals surface area (Å²) in [4.78, 5) is 33.0. The minimum absolute atomic E-state index is 0.0377. The summed E-state index contributed by atoms with van der Waals surface area (Å²) in [5, 5.41) is 0.618. The molecule has 3 rings (SSSR count). The molecule has 158 valence electrons. The van der Waals surface area contributed by atoms with Crippen molar-refractivity contribution in [1.29, 1.82) is 0 Å². The maximum absolute atomic E-state index is 13.2. The Balaban J connectivity index is 2.03. The van der Waals surface area contributed by atoms with Crippen molar-refractivity contribution in [3.8, 4) is 0 Å². The fraction of sp³-hybridized carbons (Fsp3) is 0.400. The van der Waals surface area contributed by atoms with Crippen molar-refractivity contribution in [2.75, 3.05) is 6.54 Å². The molecule has 0 spiro atoms. The molecule has 1 amide bonds. The Morgan fingerprint density at radius 3 is 2.37 bits per heavy atom. The van der Waals surface area contributed by atoms with Crippen molar-refractivity contribution in [3.63, 3.8) is 0 Å². The lowest BCUT2D eigenvalue weighted by Gasteiger charge is -2.32. The highest BCUT2D eigenvalue weighted by atomic mass is 16.2. The van der Waals surface area contributed by atoms with Crippen molar-refractivity contribution < 1.29 is 4.79 Å². The van der Waals surface area contributed by atoms with E-state index in [9.17, 15) is 9.59 Å². The van der Waals surface area contributed by atoms with E-state index in [1.165, 1.54) is 5.56 Å². The van der Waals surface area contributed by atoms with Gasteiger partial charge in [-0.2, -0.15) is 0 Å². The second-order valence-corrected chi connectivity index (χ2v) is 8.04. The molecule has 0 aliphatic heterocycles. The van der Waals surface area contributed by atoms with Gasteiger partial charge >= 0.3 is 0 Å². The third-order valence-electron chi connectivity index (χ3n) is 5.44. The van der Waals surface area contributed by atoms with E-state index in [1.54, 1.807) is 4.57 Å². The molecule has 0 fully saturated rings. The first-order valence-electron chi connectivity index (χ1n) is 10.8. The molecule has 1 atom stereocenters. The lowest BCUT2D eigenvalue weighted by molar-refractivity contribution is -0.136. The molecule has 1 aromatic heterocycles. The third kappa shape index (κ3) is 4.61. The van der Waals surface area contributed by atoms with Gasteiger partial charge in [0.25, 0.3) is 5.56 Å². The SMILES string of the molecule is CCCn1c(C(C)N(CCc2ccccc2)C(=O)C(C)C)nc2ccccc2c1=O. The number of hydrogen-bond donors (Lipinski definition) is 0. The van der Waals surface area contributed by atoms with Crippen LogP contribution >= 0.6 is 0 Å². The van der Waals surface area contributed by atoms with Gasteiger partial charge in [-0.3, -0.25) is 14.2 Å². The van der Waals surface area contributed by atoms with Gasteiger partial charge in [0.15, 0.2) is 0 Å². The summed E-state index contributed by atoms with van der Waals surface area (Å²) in [5.41, 5.74) is 1.82. The smallest absolute Gasteiger partial charge is 0.261 e. The van der Waals surface area contributed by atoms with E-state index in [0.29, 0.717) is 29.8 Å². The van der Waals surface area contributed by atoms with Gasteiger partial charge < -0.3 is 4.90 Å². The largest absolute Gasteiger partial charge is 0.332 e. The number of carbonyl (C=O) groups is 1. The van der Waals surface area contributed by atoms with E-state index in [1.807, 2.05) is 75.1 Å². The molecular formula is C25H31N3O2. The zero-order chi connectivity index (χ0) is 21.7. The van der Waals surface area contributed by atoms with Crippen molar-refractivity contribution in [1.82, 2.24) is 14.5 Å². The fourth-order valence-electron chi connectivity index (χ4n) is 3.80. The Morgan fingerprint density at radius 2 is 1.70 bits per heavy atom. The van der Waals surface area contributed by atoms with Crippen LogP contribution in [0.25, 0.3) is 10.9 Å². The van der Waals surface area contributed by atoms with Gasteiger partial charge in [-0.15, -0.1) is 0 Å². The van der Waals surface area contributed by atoms with Crippen LogP contribution in [0.2, 0.25) is 0 Å². The second-order valence-electron chi connectivity index (χ2n) is 8.04. The average Bonchev–Trinajstić information content (AvgIpc) is 2.76. The zero-order valence-electron chi connectivity index (χ0n) is 18.3. The van der Waals surface area contributed by atoms with Gasteiger partial charge in [-0.25, -0.2) is 4.98 Å². The zero-order valence-corrected chi connectivity index (χ0v) is 18.3. The quantitative estimate of drug-likeness (QED) is 0.551. The molecule has 5 heteroatoms. The Morgan fingerprint density at radius 1 is 1.03 bits per heavy atom. The molecule has 1 heterocycles. The van der Waals surface area contributed by atoms with Gasteiger partial charge in [-0.1, -0.05) is 63.2 Å². The number of hydrogen-bond acceptors (Lipinski definition) is 3. The van der Waals surface area contributed by atoms with Gasteiger partial charge in [0.2, 0.25) is 5.91 Å². The van der Waals surface area contributed by atoms with E-state index >= 15 is 0 Å². The highest BCUT2D eigenvalue weighted by Gasteiger charge is 2.27. The fourth-order valence-corrected chi connectivity index (χ4v) is 3.80. The average molecular weight is 406 g/mol. The molecule has 30 heavy (non-hydrogen) atoms. The predicted molar refractivity (Wildman–Crippen MR) is 121 cm³/mol. The number of fused-ring (bicyclic) bond motifs is 1. The second kappa shape index (κ2) is 9.70. The lowest BCUT2D eigenvalue weighted by Crippen LogP contribution is -2.40. The molecule has 0 aliphatic carbocycles. The van der Waals surface area contributed by atoms with Crippen LogP contribution in [-0.2, 0) is 17.8 Å². The van der Waals surface area contributed by atoms with Crippen LogP contribution in [-0.4, -0.2) is 26.9 Å². The van der Waals surface area contributed by atoms with Crippen molar-refractivity contribution in [2.45, 2.75) is 53.1 Å². The maximum Gasteiger partial charge on any atom is 0.261 e. The monoisotopic (exact) mass is 405 g/mol. The van der Waals surface area contributed by atoms with Gasteiger partial charge in [0, 0.05) is 19.0 Å². The van der Waals surface area contributed by atoms with E-state index in [2.05, 4.69) is 12.1 Å². The lowest BCUT2D eigenvalue weighted by atomic mass is 10.1. The molecule has 0 N–H and O–H groups in total. The van der Waals surface area contributed by atoms with Gasteiger partial charge in [-0.05, 0) is 37.5 Å². The summed E-state index contributed by atoms with van der Waals surface area (Å²) in [6, 6.07) is 17.3. The third-order valence-corrected chi connectivity index (χ3v) is 5.44. The molecule has 0 saturated heterocycles. The summed E-state index contributed by atoms with van der Waals surface area (Å²) >= 11 is 0. The van der Waals surface area contributed by atoms with E-state index < -0.39 is 0 Å². The van der Waals surface area contributed by atoms with Crippen LogP contribution < -0.4 is 5.56 Å². The van der Waals surface area contributed by atoms with E-state index in [-0.39, 0.29) is 23.4 Å². The number of rotatable bonds is 8. The van der Waals surface area contributed by atoms with E-state index in [4.69, 9.17) is 4.98 Å². The van der Waals surface area contributed by atoms with Gasteiger partial charge in [0.05, 0.1) is 16.9 Å². The molecule has 1 unspecified atom stereocenters. The number of amides is 1. The normalized spacial score (nSPS) is 12.3. The van der Waals surface area contributed by atoms with Crippen LogP contribution in [0.1, 0.15) is 51.5 Å². The maximum atomic E-state index is 13.2. The molecule has 3 aromatic rings. The first kappa shape index (κ1) is 21.8. The Hall–Kier alpha value is -2.95. The Kier molecular flexibility index (Phi) is 7.03. The van der Waals surface area contributed by atoms with E-state index in [0.717, 1.165) is 12.8 Å². The summed E-state index contributed by atoms with van der Waals surface area (Å²) in [7, 11) is 0. The van der Waals surface area contributed by atoms with Crippen molar-refractivity contribution in [3.05, 3.63) is 76.3 Å². The molecule has 0 saturated carbocycles. The van der Waals surface area contributed by atoms with Crippen LogP contribution in [0.5, 0.6) is 0 Å². The molecule has 0 radical (unpaired) electrons. The number of nitrogens with zero attached hydrogens (tertiary/aromatic N) is 3. The minimum atomic E-state index is -0.299. The summed E-state index contributed by atoms with van der Waals surface area (Å²) in [5.74, 6) is 0.599. The minimum Gasteiger partial charge on any atom is -0.332 e. The molecule has 2 aromatic carbocycles. The topological polar surface area (TPSA) is 55.2 Å². The van der Waals surface area contributed by atoms with Crippen molar-refractivity contribution >= 4 is 16.8 Å². The standard InChI is InChI=1S/C25H31N3O2/c1-5-16-28-23(26-22-14-10-9-13-21(22)25(28)30)19(4)27(24(29)18(2)3)17-15-20-11-7-6-8-12-20/h6-14,18-19H,5,15-17H2,1-4H3. The van der Waals surface area contributed by atoms with Crippen LogP contribution in [0, 0.1) is 5.92 Å². The highest BCUT2D eigenvalue weighted by Crippen LogP contribution is 2.23. The van der Waals surface area contributed by atoms with Crippen LogP contribution in [0.3, 0.4) is 0 Å². The Bertz CT molecular complexity index is 1060. The number of aromatic nitrogens is 2. The number of carbonyl (C=O) groups excluding carboxylic acids is 1. The molecule has 0 bridgehead atoms. The first-order chi connectivity index (χ1) is 14.4. The number of para-hydroxylation sites is 1. The van der Waals surface area contributed by atoms with Crippen LogP contribution in [0.4, 0.5) is 0 Å². The van der Waals surface area contributed by atoms with Crippen LogP contribution in [0.15, 0.2) is 59.4 Å².